The predicted octanol–water partition coefficient (Wildman–Crippen LogP) is 2.52. The van der Waals surface area contributed by atoms with Gasteiger partial charge in [-0.15, -0.1) is 0 Å². The molecule has 2 aromatic carbocycles. The Bertz CT molecular complexity index is 859. The van der Waals surface area contributed by atoms with Gasteiger partial charge in [-0.25, -0.2) is 9.18 Å². The summed E-state index contributed by atoms with van der Waals surface area (Å²) < 4.78 is 12.9. The Labute approximate surface area is 182 Å². The fraction of sp³-hybridized carbons (Fsp3) is 0.348. The van der Waals surface area contributed by atoms with Gasteiger partial charge in [-0.05, 0) is 30.2 Å². The van der Waals surface area contributed by atoms with Crippen LogP contribution in [0.3, 0.4) is 0 Å². The van der Waals surface area contributed by atoms with Crippen LogP contribution in [0.5, 0.6) is 0 Å². The number of rotatable bonds is 10. The SMILES string of the molecule is CCN(CC(=O)NCc1ccc(F)cc1)C(=O)CCNC(=O)N(C)Cc1ccccc1. The van der Waals surface area contributed by atoms with Crippen molar-refractivity contribution >= 4 is 17.8 Å². The number of benzene rings is 2. The van der Waals surface area contributed by atoms with Gasteiger partial charge >= 0.3 is 6.03 Å². The third-order valence-electron chi connectivity index (χ3n) is 4.70. The highest BCUT2D eigenvalue weighted by atomic mass is 19.1. The molecule has 0 heterocycles. The first kappa shape index (κ1) is 23.9. The third-order valence-corrected chi connectivity index (χ3v) is 4.70. The number of hydrogen-bond acceptors (Lipinski definition) is 3. The van der Waals surface area contributed by atoms with E-state index < -0.39 is 0 Å². The summed E-state index contributed by atoms with van der Waals surface area (Å²) in [5.41, 5.74) is 1.78. The monoisotopic (exact) mass is 428 g/mol. The summed E-state index contributed by atoms with van der Waals surface area (Å²) in [5, 5.41) is 5.44. The topological polar surface area (TPSA) is 81.8 Å². The predicted molar refractivity (Wildman–Crippen MR) is 116 cm³/mol. The van der Waals surface area contributed by atoms with E-state index in [1.807, 2.05) is 30.3 Å². The van der Waals surface area contributed by atoms with E-state index in [0.29, 0.717) is 13.1 Å². The van der Waals surface area contributed by atoms with Crippen LogP contribution < -0.4 is 10.6 Å². The van der Waals surface area contributed by atoms with Crippen molar-refractivity contribution in [2.24, 2.45) is 0 Å². The highest BCUT2D eigenvalue weighted by Crippen LogP contribution is 2.04. The Morgan fingerprint density at radius 1 is 0.935 bits per heavy atom. The quantitative estimate of drug-likeness (QED) is 0.610. The normalized spacial score (nSPS) is 10.3. The molecule has 0 atom stereocenters. The van der Waals surface area contributed by atoms with E-state index in [9.17, 15) is 18.8 Å². The first-order valence-corrected chi connectivity index (χ1v) is 10.2. The van der Waals surface area contributed by atoms with E-state index in [1.54, 1.807) is 31.0 Å². The second-order valence-corrected chi connectivity index (χ2v) is 7.13. The third kappa shape index (κ3) is 8.46. The number of nitrogens with zero attached hydrogens (tertiary/aromatic N) is 2. The van der Waals surface area contributed by atoms with Gasteiger partial charge in [0, 0.05) is 39.6 Å². The molecule has 0 aliphatic heterocycles. The molecule has 2 N–H and O–H groups in total. The zero-order valence-corrected chi connectivity index (χ0v) is 17.9. The van der Waals surface area contributed by atoms with E-state index in [2.05, 4.69) is 10.6 Å². The number of nitrogens with one attached hydrogen (secondary N) is 2. The molecule has 0 aromatic heterocycles. The van der Waals surface area contributed by atoms with Crippen LogP contribution in [0.15, 0.2) is 54.6 Å². The van der Waals surface area contributed by atoms with Crippen LogP contribution in [-0.4, -0.2) is 54.3 Å². The van der Waals surface area contributed by atoms with Gasteiger partial charge in [-0.3, -0.25) is 9.59 Å². The standard InChI is InChI=1S/C23H29FN4O3/c1-3-28(17-21(29)26-15-18-9-11-20(24)12-10-18)22(30)13-14-25-23(31)27(2)16-19-7-5-4-6-8-19/h4-12H,3,13-17H2,1-2H3,(H,25,31)(H,26,29). The smallest absolute Gasteiger partial charge is 0.317 e. The molecule has 0 saturated carbocycles. The largest absolute Gasteiger partial charge is 0.350 e. The van der Waals surface area contributed by atoms with Crippen LogP contribution in [0.25, 0.3) is 0 Å². The molecule has 31 heavy (non-hydrogen) atoms. The molecule has 7 nitrogen and oxygen atoms in total. The molecule has 0 spiro atoms. The highest BCUT2D eigenvalue weighted by Gasteiger charge is 2.16. The Morgan fingerprint density at radius 3 is 2.26 bits per heavy atom. The number of halogens is 1. The number of urea groups is 1. The minimum atomic E-state index is -0.337. The van der Waals surface area contributed by atoms with Crippen LogP contribution in [0.1, 0.15) is 24.5 Å². The van der Waals surface area contributed by atoms with Crippen molar-refractivity contribution in [1.82, 2.24) is 20.4 Å². The lowest BCUT2D eigenvalue weighted by Crippen LogP contribution is -2.42. The Hall–Kier alpha value is -3.42. The van der Waals surface area contributed by atoms with E-state index >= 15 is 0 Å². The second-order valence-electron chi connectivity index (χ2n) is 7.13. The summed E-state index contributed by atoms with van der Waals surface area (Å²) in [6.45, 7) is 3.01. The van der Waals surface area contributed by atoms with Crippen LogP contribution in [-0.2, 0) is 22.7 Å². The van der Waals surface area contributed by atoms with Gasteiger partial charge in [0.1, 0.15) is 5.82 Å². The molecule has 2 rings (SSSR count). The lowest BCUT2D eigenvalue weighted by Gasteiger charge is -2.21. The molecule has 166 valence electrons. The maximum absolute atomic E-state index is 12.9. The number of carbonyl (C=O) groups is 3. The molecule has 2 aromatic rings. The zero-order chi connectivity index (χ0) is 22.6. The van der Waals surface area contributed by atoms with E-state index in [-0.39, 0.29) is 49.7 Å². The zero-order valence-electron chi connectivity index (χ0n) is 17.9. The van der Waals surface area contributed by atoms with Crippen molar-refractivity contribution < 1.29 is 18.8 Å². The Morgan fingerprint density at radius 2 is 1.61 bits per heavy atom. The minimum absolute atomic E-state index is 0.0710. The van der Waals surface area contributed by atoms with Crippen LogP contribution in [0.2, 0.25) is 0 Å². The maximum atomic E-state index is 12.9. The highest BCUT2D eigenvalue weighted by molar-refractivity contribution is 5.85. The van der Waals surface area contributed by atoms with E-state index in [4.69, 9.17) is 0 Å². The maximum Gasteiger partial charge on any atom is 0.317 e. The summed E-state index contributed by atoms with van der Waals surface area (Å²) >= 11 is 0. The molecule has 8 heteroatoms. The van der Waals surface area contributed by atoms with Crippen LogP contribution in [0.4, 0.5) is 9.18 Å². The van der Waals surface area contributed by atoms with E-state index in [0.717, 1.165) is 11.1 Å². The average Bonchev–Trinajstić information content (AvgIpc) is 2.77. The van der Waals surface area contributed by atoms with Crippen molar-refractivity contribution in [2.75, 3.05) is 26.7 Å². The van der Waals surface area contributed by atoms with Crippen LogP contribution >= 0.6 is 0 Å². The summed E-state index contributed by atoms with van der Waals surface area (Å²) in [5.74, 6) is -0.854. The lowest BCUT2D eigenvalue weighted by molar-refractivity contribution is -0.135. The molecule has 0 aliphatic rings. The van der Waals surface area contributed by atoms with E-state index in [1.165, 1.54) is 17.0 Å². The molecule has 0 aliphatic carbocycles. The number of amides is 4. The lowest BCUT2D eigenvalue weighted by atomic mass is 10.2. The van der Waals surface area contributed by atoms with Gasteiger partial charge in [0.05, 0.1) is 6.54 Å². The molecule has 0 fully saturated rings. The van der Waals surface area contributed by atoms with Gasteiger partial charge in [-0.2, -0.15) is 0 Å². The fourth-order valence-corrected chi connectivity index (χ4v) is 2.91. The van der Waals surface area contributed by atoms with Crippen molar-refractivity contribution in [3.05, 3.63) is 71.5 Å². The van der Waals surface area contributed by atoms with Gasteiger partial charge in [0.15, 0.2) is 0 Å². The molecule has 0 unspecified atom stereocenters. The summed E-state index contributed by atoms with van der Waals surface area (Å²) in [4.78, 5) is 39.7. The minimum Gasteiger partial charge on any atom is -0.350 e. The molecular weight excluding hydrogens is 399 g/mol. The van der Waals surface area contributed by atoms with Gasteiger partial charge in [0.2, 0.25) is 11.8 Å². The number of likely N-dealkylation sites (N-methyl/N-ethyl adjacent to an activating group) is 1. The Kier molecular flexibility index (Phi) is 9.48. The van der Waals surface area contributed by atoms with Gasteiger partial charge in [-0.1, -0.05) is 42.5 Å². The molecule has 0 bridgehead atoms. The van der Waals surface area contributed by atoms with Gasteiger partial charge in [0.25, 0.3) is 0 Å². The first-order valence-electron chi connectivity index (χ1n) is 10.2. The van der Waals surface area contributed by atoms with Crippen LogP contribution in [0, 0.1) is 5.82 Å². The second kappa shape index (κ2) is 12.3. The number of carbonyl (C=O) groups excluding carboxylic acids is 3. The molecule has 4 amide bonds. The molecule has 0 saturated heterocycles. The Balaban J connectivity index is 1.70. The summed E-state index contributed by atoms with van der Waals surface area (Å²) in [6.07, 6.45) is 0.101. The average molecular weight is 429 g/mol. The van der Waals surface area contributed by atoms with Crippen molar-refractivity contribution in [3.8, 4) is 0 Å². The van der Waals surface area contributed by atoms with Crippen molar-refractivity contribution in [2.45, 2.75) is 26.4 Å². The first-order chi connectivity index (χ1) is 14.9. The number of hydrogen-bond donors (Lipinski definition) is 2. The summed E-state index contributed by atoms with van der Waals surface area (Å²) in [6, 6.07) is 15.2. The van der Waals surface area contributed by atoms with Gasteiger partial charge < -0.3 is 20.4 Å². The molecule has 0 radical (unpaired) electrons. The summed E-state index contributed by atoms with van der Waals surface area (Å²) in [7, 11) is 1.69. The van der Waals surface area contributed by atoms with Crippen molar-refractivity contribution in [1.29, 1.82) is 0 Å². The molecular formula is C23H29FN4O3. The van der Waals surface area contributed by atoms with Crippen molar-refractivity contribution in [3.63, 3.8) is 0 Å². The fourth-order valence-electron chi connectivity index (χ4n) is 2.91.